The Morgan fingerprint density at radius 2 is 0.718 bits per heavy atom. The van der Waals surface area contributed by atoms with Crippen LogP contribution in [-0.4, -0.2) is 33.8 Å². The van der Waals surface area contributed by atoms with Gasteiger partial charge in [0.15, 0.2) is 23.0 Å². The molecule has 8 aromatic carbocycles. The molecule has 0 radical (unpaired) electrons. The number of fused-ring (bicyclic) bond motifs is 2. The summed E-state index contributed by atoms with van der Waals surface area (Å²) in [5, 5.41) is 7.61. The number of halogens is 2. The van der Waals surface area contributed by atoms with Crippen LogP contribution in [0.5, 0.6) is 34.5 Å². The third-order valence-electron chi connectivity index (χ3n) is 14.0. The average Bonchev–Trinajstić information content (AvgIpc) is 4.06. The number of benzene rings is 8. The molecule has 0 aromatic heterocycles. The summed E-state index contributed by atoms with van der Waals surface area (Å²) < 4.78 is 35.8. The summed E-state index contributed by atoms with van der Waals surface area (Å²) in [5.74, 6) is 4.84. The van der Waals surface area contributed by atoms with Crippen molar-refractivity contribution in [2.75, 3.05) is 27.8 Å². The summed E-state index contributed by atoms with van der Waals surface area (Å²) in [5.41, 5.74) is 26.6. The van der Waals surface area contributed by atoms with E-state index in [-0.39, 0.29) is 69.8 Å². The molecule has 0 bridgehead atoms. The van der Waals surface area contributed by atoms with Gasteiger partial charge in [0.1, 0.15) is 11.5 Å². The van der Waals surface area contributed by atoms with E-state index in [0.29, 0.717) is 0 Å². The van der Waals surface area contributed by atoms with Gasteiger partial charge in [-0.1, -0.05) is 155 Å². The van der Waals surface area contributed by atoms with Gasteiger partial charge in [0.25, 0.3) is 0 Å². The van der Waals surface area contributed by atoms with E-state index in [1.54, 1.807) is 14.2 Å². The van der Waals surface area contributed by atoms with E-state index < -0.39 is 21.4 Å². The fraction of sp³-hybridized carbons (Fsp3) is 0.262. The first kappa shape index (κ1) is 61.8. The molecule has 0 unspecified atom stereocenters. The van der Waals surface area contributed by atoms with Crippen LogP contribution in [0.4, 0.5) is 0 Å². The Morgan fingerprint density at radius 3 is 0.974 bits per heavy atom. The standard InChI is InChI=1S/C46H44O4P2.C19H26N2O2.2ClH.Ru/c1-27-13-28(2)18-35(17-27)51(36-19-29(3)14-30(4)20-36)41-11-9-39-45(49-25-47-39)43(41)44-42(12-10-40-46(44)50-26-48-40)52(37-21-31(5)15-32(6)22-37)38-23-33(7)16-34(8)24-38;1-13(2)18(20)19(21,14-5-9-16(22-3)10-6-14)15-7-11-17(23-4)12-8-15;;;/h9-24H,25-26H2,1-8H3;5-13,18H,20-21H2,1-4H3;2*1H;/q;;;;+2/p-2/t;18-;;;/m.0.../s1. The van der Waals surface area contributed by atoms with Gasteiger partial charge in [-0.15, -0.1) is 0 Å². The fourth-order valence-corrected chi connectivity index (χ4v) is 16.5. The van der Waals surface area contributed by atoms with Crippen LogP contribution < -0.4 is 96.5 Å². The van der Waals surface area contributed by atoms with E-state index in [1.165, 1.54) is 76.3 Å². The van der Waals surface area contributed by atoms with Gasteiger partial charge in [0, 0.05) is 17.2 Å². The van der Waals surface area contributed by atoms with Crippen molar-refractivity contribution in [2.45, 2.75) is 80.8 Å². The zero-order valence-electron chi connectivity index (χ0n) is 46.5. The molecule has 0 saturated heterocycles. The summed E-state index contributed by atoms with van der Waals surface area (Å²) >= 11 is 0. The van der Waals surface area contributed by atoms with E-state index in [1.807, 2.05) is 48.5 Å². The molecule has 4 N–H and O–H groups in total. The second-order valence-electron chi connectivity index (χ2n) is 20.5. The average molecular weight is 1210 g/mol. The van der Waals surface area contributed by atoms with Crippen LogP contribution in [0.1, 0.15) is 69.5 Å². The first-order chi connectivity index (χ1) is 35.9. The molecule has 8 aromatic rings. The molecule has 2 aliphatic rings. The van der Waals surface area contributed by atoms with Crippen LogP contribution in [0, 0.1) is 61.3 Å². The Bertz CT molecular complexity index is 3000. The fourth-order valence-electron chi connectivity index (χ4n) is 10.8. The Labute approximate surface area is 490 Å². The van der Waals surface area contributed by atoms with Crippen molar-refractivity contribution < 1.29 is 72.7 Å². The first-order valence-electron chi connectivity index (χ1n) is 25.6. The maximum atomic E-state index is 6.86. The van der Waals surface area contributed by atoms with Crippen LogP contribution in [0.3, 0.4) is 0 Å². The predicted molar refractivity (Wildman–Crippen MR) is 313 cm³/mol. The SMILES string of the molecule is COc1ccc(C(N)(c2ccc(OC)cc2)[C@@H](N)C(C)C)cc1.Cc1cc(C)cc(P(c2cc(C)cc(C)c2)c2ccc3c(c2-c2c(P(c4cc(C)cc(C)c4)c4cc(C)cc(C)c4)ccc4c2OCO4)OCO3)c1.[Cl-].[Cl-].[Ru+2]. The largest absolute Gasteiger partial charge is 2.00 e. The number of methoxy groups -OCH3 is 2. The molecule has 0 spiro atoms. The second kappa shape index (κ2) is 26.2. The van der Waals surface area contributed by atoms with E-state index in [9.17, 15) is 0 Å². The normalized spacial score (nSPS) is 12.5. The Balaban J connectivity index is 0.000000321. The van der Waals surface area contributed by atoms with Gasteiger partial charge in [0.05, 0.1) is 19.8 Å². The molecule has 0 saturated carbocycles. The number of ether oxygens (including phenoxy) is 6. The number of nitrogens with two attached hydrogens (primary N) is 2. The third-order valence-corrected chi connectivity index (χ3v) is 18.8. The molecule has 2 aliphatic heterocycles. The minimum atomic E-state index is -1.05. The summed E-state index contributed by atoms with van der Waals surface area (Å²) in [7, 11) is 1.19. The molecule has 2 heterocycles. The first-order valence-corrected chi connectivity index (χ1v) is 28.3. The molecule has 408 valence electrons. The Hall–Kier alpha value is -5.46. The summed E-state index contributed by atoms with van der Waals surface area (Å²) in [6, 6.07) is 52.0. The van der Waals surface area contributed by atoms with Crippen molar-refractivity contribution in [3.05, 3.63) is 201 Å². The molecule has 78 heavy (non-hydrogen) atoms. The summed E-state index contributed by atoms with van der Waals surface area (Å²) in [6.45, 7) is 22.1. The molecular formula is C65H70Cl2N2O6P2Ru. The van der Waals surface area contributed by atoms with Crippen molar-refractivity contribution in [3.8, 4) is 45.6 Å². The zero-order chi connectivity index (χ0) is 53.3. The molecule has 13 heteroatoms. The van der Waals surface area contributed by atoms with E-state index in [2.05, 4.69) is 166 Å². The van der Waals surface area contributed by atoms with Crippen LogP contribution in [0.25, 0.3) is 11.1 Å². The van der Waals surface area contributed by atoms with Gasteiger partial charge in [-0.05, 0) is 169 Å². The molecule has 1 atom stereocenters. The molecule has 0 aliphatic carbocycles. The van der Waals surface area contributed by atoms with Crippen molar-refractivity contribution in [1.82, 2.24) is 0 Å². The summed E-state index contributed by atoms with van der Waals surface area (Å²) in [6.07, 6.45) is 0. The van der Waals surface area contributed by atoms with E-state index in [4.69, 9.17) is 39.9 Å². The maximum Gasteiger partial charge on any atom is 2.00 e. The molecule has 8 nitrogen and oxygen atoms in total. The predicted octanol–water partition coefficient (Wildman–Crippen LogP) is 5.69. The van der Waals surface area contributed by atoms with Gasteiger partial charge in [-0.3, -0.25) is 0 Å². The molecular weight excluding hydrogens is 1140 g/mol. The van der Waals surface area contributed by atoms with Crippen molar-refractivity contribution in [3.63, 3.8) is 0 Å². The van der Waals surface area contributed by atoms with Gasteiger partial charge in [0.2, 0.25) is 13.6 Å². The third kappa shape index (κ3) is 12.9. The maximum absolute atomic E-state index is 6.86. The zero-order valence-corrected chi connectivity index (χ0v) is 51.6. The molecule has 0 amide bonds. The topological polar surface area (TPSA) is 107 Å². The van der Waals surface area contributed by atoms with Crippen LogP contribution >= 0.6 is 15.8 Å². The van der Waals surface area contributed by atoms with Gasteiger partial charge >= 0.3 is 19.5 Å². The number of rotatable bonds is 13. The van der Waals surface area contributed by atoms with Gasteiger partial charge < -0.3 is 64.7 Å². The monoisotopic (exact) mass is 1210 g/mol. The van der Waals surface area contributed by atoms with Crippen LogP contribution in [-0.2, 0) is 25.0 Å². The van der Waals surface area contributed by atoms with Gasteiger partial charge in [-0.2, -0.15) is 0 Å². The van der Waals surface area contributed by atoms with Crippen LogP contribution in [0.2, 0.25) is 0 Å². The number of aryl methyl sites for hydroxylation is 8. The number of hydrogen-bond acceptors (Lipinski definition) is 8. The smallest absolute Gasteiger partial charge is 1.00 e. The number of hydrogen-bond donors (Lipinski definition) is 2. The van der Waals surface area contributed by atoms with E-state index in [0.717, 1.165) is 56.8 Å². The minimum Gasteiger partial charge on any atom is -1.00 e. The second-order valence-corrected chi connectivity index (χ2v) is 24.9. The molecule has 10 rings (SSSR count). The van der Waals surface area contributed by atoms with E-state index >= 15 is 0 Å². The van der Waals surface area contributed by atoms with Crippen molar-refractivity contribution in [2.24, 2.45) is 17.4 Å². The quantitative estimate of drug-likeness (QED) is 0.112. The Kier molecular flexibility index (Phi) is 20.8. The molecule has 0 fully saturated rings. The van der Waals surface area contributed by atoms with Crippen molar-refractivity contribution >= 4 is 47.7 Å². The van der Waals surface area contributed by atoms with Crippen LogP contribution in [0.15, 0.2) is 146 Å². The minimum absolute atomic E-state index is 0. The summed E-state index contributed by atoms with van der Waals surface area (Å²) in [4.78, 5) is 0. The van der Waals surface area contributed by atoms with Crippen molar-refractivity contribution in [1.29, 1.82) is 0 Å². The van der Waals surface area contributed by atoms with Gasteiger partial charge in [-0.25, -0.2) is 0 Å². The Morgan fingerprint density at radius 1 is 0.436 bits per heavy atom.